The summed E-state index contributed by atoms with van der Waals surface area (Å²) in [6, 6.07) is 7.94. The second-order valence-electron chi connectivity index (χ2n) is 5.09. The van der Waals surface area contributed by atoms with Crippen LogP contribution in [0.15, 0.2) is 33.2 Å². The standard InChI is InChI=1S/C16H19N3O3/c1-4-20-13-7-5-6-12-8-14(21-16(12)13)10(2)17-9-15-18-11(3)19-22-15/h5-8,10,17H,4,9H2,1-3H3. The summed E-state index contributed by atoms with van der Waals surface area (Å²) in [5, 5.41) is 8.11. The third-order valence-electron chi connectivity index (χ3n) is 3.38. The van der Waals surface area contributed by atoms with Gasteiger partial charge < -0.3 is 13.7 Å². The molecule has 3 aromatic rings. The molecule has 0 aliphatic heterocycles. The van der Waals surface area contributed by atoms with Crippen molar-refractivity contribution in [3.8, 4) is 5.75 Å². The van der Waals surface area contributed by atoms with Crippen LogP contribution in [0.1, 0.15) is 37.4 Å². The molecule has 6 nitrogen and oxygen atoms in total. The number of aromatic nitrogens is 2. The topological polar surface area (TPSA) is 73.3 Å². The van der Waals surface area contributed by atoms with Gasteiger partial charge in [0.25, 0.3) is 0 Å². The second kappa shape index (κ2) is 6.19. The Morgan fingerprint density at radius 1 is 1.36 bits per heavy atom. The predicted octanol–water partition coefficient (Wildman–Crippen LogP) is 3.37. The molecule has 116 valence electrons. The van der Waals surface area contributed by atoms with Crippen LogP contribution in [0.3, 0.4) is 0 Å². The zero-order valence-electron chi connectivity index (χ0n) is 12.9. The summed E-state index contributed by atoms with van der Waals surface area (Å²) in [4.78, 5) is 4.17. The largest absolute Gasteiger partial charge is 0.490 e. The first kappa shape index (κ1) is 14.6. The lowest BCUT2D eigenvalue weighted by Crippen LogP contribution is -2.17. The highest BCUT2D eigenvalue weighted by Gasteiger charge is 2.15. The fourth-order valence-electron chi connectivity index (χ4n) is 2.29. The van der Waals surface area contributed by atoms with E-state index in [0.717, 1.165) is 22.5 Å². The van der Waals surface area contributed by atoms with Gasteiger partial charge in [-0.1, -0.05) is 17.3 Å². The quantitative estimate of drug-likeness (QED) is 0.752. The molecule has 3 rings (SSSR count). The molecule has 0 bridgehead atoms. The molecule has 0 aliphatic rings. The number of nitrogens with zero attached hydrogens (tertiary/aromatic N) is 2. The minimum absolute atomic E-state index is 0.0223. The van der Waals surface area contributed by atoms with E-state index in [2.05, 4.69) is 15.5 Å². The minimum Gasteiger partial charge on any atom is -0.490 e. The van der Waals surface area contributed by atoms with Crippen LogP contribution in [0.5, 0.6) is 5.75 Å². The zero-order valence-corrected chi connectivity index (χ0v) is 12.9. The molecular weight excluding hydrogens is 282 g/mol. The highest BCUT2D eigenvalue weighted by atomic mass is 16.5. The van der Waals surface area contributed by atoms with E-state index in [9.17, 15) is 0 Å². The van der Waals surface area contributed by atoms with Gasteiger partial charge in [-0.15, -0.1) is 0 Å². The molecule has 1 unspecified atom stereocenters. The van der Waals surface area contributed by atoms with E-state index in [-0.39, 0.29) is 6.04 Å². The van der Waals surface area contributed by atoms with Crippen molar-refractivity contribution in [1.82, 2.24) is 15.5 Å². The lowest BCUT2D eigenvalue weighted by atomic mass is 10.2. The van der Waals surface area contributed by atoms with Crippen molar-refractivity contribution in [3.05, 3.63) is 41.7 Å². The number of hydrogen-bond acceptors (Lipinski definition) is 6. The van der Waals surface area contributed by atoms with E-state index in [0.29, 0.717) is 24.9 Å². The molecule has 1 aromatic carbocycles. The van der Waals surface area contributed by atoms with E-state index in [1.807, 2.05) is 38.1 Å². The number of fused-ring (bicyclic) bond motifs is 1. The van der Waals surface area contributed by atoms with Crippen LogP contribution >= 0.6 is 0 Å². The number of nitrogens with one attached hydrogen (secondary N) is 1. The van der Waals surface area contributed by atoms with Crippen LogP contribution in [-0.2, 0) is 6.54 Å². The molecule has 1 N–H and O–H groups in total. The van der Waals surface area contributed by atoms with Gasteiger partial charge in [0.15, 0.2) is 17.2 Å². The second-order valence-corrected chi connectivity index (χ2v) is 5.09. The van der Waals surface area contributed by atoms with Crippen LogP contribution in [0.4, 0.5) is 0 Å². The lowest BCUT2D eigenvalue weighted by Gasteiger charge is -2.08. The molecule has 2 aromatic heterocycles. The van der Waals surface area contributed by atoms with Gasteiger partial charge in [-0.2, -0.15) is 4.98 Å². The average molecular weight is 301 g/mol. The fourth-order valence-corrected chi connectivity index (χ4v) is 2.29. The molecule has 2 heterocycles. The molecule has 0 amide bonds. The number of benzene rings is 1. The predicted molar refractivity (Wildman–Crippen MR) is 81.7 cm³/mol. The first-order chi connectivity index (χ1) is 10.7. The number of hydrogen-bond donors (Lipinski definition) is 1. The Kier molecular flexibility index (Phi) is 4.11. The van der Waals surface area contributed by atoms with Gasteiger partial charge in [0, 0.05) is 5.39 Å². The Morgan fingerprint density at radius 2 is 2.23 bits per heavy atom. The first-order valence-corrected chi connectivity index (χ1v) is 7.35. The average Bonchev–Trinajstić information content (AvgIpc) is 3.12. The van der Waals surface area contributed by atoms with Crippen LogP contribution in [-0.4, -0.2) is 16.7 Å². The Hall–Kier alpha value is -2.34. The minimum atomic E-state index is 0.0223. The van der Waals surface area contributed by atoms with Gasteiger partial charge in [0.05, 0.1) is 19.2 Å². The van der Waals surface area contributed by atoms with Gasteiger partial charge in [0.1, 0.15) is 5.76 Å². The van der Waals surface area contributed by atoms with Crippen molar-refractivity contribution in [3.63, 3.8) is 0 Å². The molecule has 0 saturated heterocycles. The highest BCUT2D eigenvalue weighted by Crippen LogP contribution is 2.31. The van der Waals surface area contributed by atoms with Crippen LogP contribution < -0.4 is 10.1 Å². The van der Waals surface area contributed by atoms with Crippen molar-refractivity contribution >= 4 is 11.0 Å². The van der Waals surface area contributed by atoms with Gasteiger partial charge >= 0.3 is 0 Å². The van der Waals surface area contributed by atoms with Crippen molar-refractivity contribution in [2.45, 2.75) is 33.4 Å². The first-order valence-electron chi connectivity index (χ1n) is 7.35. The van der Waals surface area contributed by atoms with E-state index in [4.69, 9.17) is 13.7 Å². The Morgan fingerprint density at radius 3 is 2.95 bits per heavy atom. The summed E-state index contributed by atoms with van der Waals surface area (Å²) in [5.41, 5.74) is 0.779. The van der Waals surface area contributed by atoms with Crippen LogP contribution in [0.2, 0.25) is 0 Å². The molecule has 1 atom stereocenters. The third-order valence-corrected chi connectivity index (χ3v) is 3.38. The van der Waals surface area contributed by atoms with E-state index in [1.54, 1.807) is 6.92 Å². The Bertz CT molecular complexity index is 763. The van der Waals surface area contributed by atoms with Gasteiger partial charge in [-0.3, -0.25) is 5.32 Å². The highest BCUT2D eigenvalue weighted by molar-refractivity contribution is 5.83. The molecule has 6 heteroatoms. The maximum Gasteiger partial charge on any atom is 0.240 e. The van der Waals surface area contributed by atoms with Crippen molar-refractivity contribution in [2.24, 2.45) is 0 Å². The summed E-state index contributed by atoms with van der Waals surface area (Å²) in [6.07, 6.45) is 0. The normalized spacial score (nSPS) is 12.7. The summed E-state index contributed by atoms with van der Waals surface area (Å²) in [5.74, 6) is 2.81. The lowest BCUT2D eigenvalue weighted by molar-refractivity contribution is 0.333. The van der Waals surface area contributed by atoms with Crippen LogP contribution in [0, 0.1) is 6.92 Å². The summed E-state index contributed by atoms with van der Waals surface area (Å²) >= 11 is 0. The molecular formula is C16H19N3O3. The van der Waals surface area contributed by atoms with E-state index >= 15 is 0 Å². The maximum absolute atomic E-state index is 5.95. The number of furan rings is 1. The van der Waals surface area contributed by atoms with Gasteiger partial charge in [-0.25, -0.2) is 0 Å². The molecule has 0 saturated carbocycles. The van der Waals surface area contributed by atoms with E-state index in [1.165, 1.54) is 0 Å². The Labute approximate surface area is 128 Å². The monoisotopic (exact) mass is 301 g/mol. The number of rotatable bonds is 6. The van der Waals surface area contributed by atoms with Gasteiger partial charge in [-0.05, 0) is 32.9 Å². The van der Waals surface area contributed by atoms with Crippen LogP contribution in [0.25, 0.3) is 11.0 Å². The zero-order chi connectivity index (χ0) is 15.5. The third kappa shape index (κ3) is 2.96. The molecule has 22 heavy (non-hydrogen) atoms. The smallest absolute Gasteiger partial charge is 0.240 e. The number of aryl methyl sites for hydroxylation is 1. The number of ether oxygens (including phenoxy) is 1. The van der Waals surface area contributed by atoms with Crippen molar-refractivity contribution < 1.29 is 13.7 Å². The molecule has 0 spiro atoms. The molecule has 0 aliphatic carbocycles. The summed E-state index contributed by atoms with van der Waals surface area (Å²) in [7, 11) is 0. The fraction of sp³-hybridized carbons (Fsp3) is 0.375. The summed E-state index contributed by atoms with van der Waals surface area (Å²) in [6.45, 7) is 6.89. The van der Waals surface area contributed by atoms with E-state index < -0.39 is 0 Å². The summed E-state index contributed by atoms with van der Waals surface area (Å²) < 4.78 is 16.6. The van der Waals surface area contributed by atoms with Crippen molar-refractivity contribution in [2.75, 3.05) is 6.61 Å². The Balaban J connectivity index is 1.76. The molecule has 0 radical (unpaired) electrons. The maximum atomic E-state index is 5.95. The van der Waals surface area contributed by atoms with Crippen molar-refractivity contribution in [1.29, 1.82) is 0 Å². The van der Waals surface area contributed by atoms with Gasteiger partial charge in [0.2, 0.25) is 5.89 Å². The SMILES string of the molecule is CCOc1cccc2cc(C(C)NCc3nc(C)no3)oc12. The molecule has 0 fully saturated rings. The number of para-hydroxylation sites is 1.